The monoisotopic (exact) mass is 1080 g/mol. The summed E-state index contributed by atoms with van der Waals surface area (Å²) in [5, 5.41) is 7.19. The molecule has 0 aliphatic carbocycles. The number of fused-ring (bicyclic) bond motifs is 9. The predicted octanol–water partition coefficient (Wildman–Crippen LogP) is 19.4. The van der Waals surface area contributed by atoms with E-state index in [1.54, 1.807) is 0 Å². The average Bonchev–Trinajstić information content (AvgIpc) is 4.07. The van der Waals surface area contributed by atoms with Crippen molar-refractivity contribution < 1.29 is 0 Å². The van der Waals surface area contributed by atoms with Gasteiger partial charge in [-0.15, -0.1) is 24.0 Å². The molecular weight excluding hydrogens is 1020 g/mol. The van der Waals surface area contributed by atoms with Gasteiger partial charge in [0.2, 0.25) is 0 Å². The summed E-state index contributed by atoms with van der Waals surface area (Å²) in [5.41, 5.74) is 16.9. The third-order valence-corrected chi connectivity index (χ3v) is 14.1. The first-order valence-electron chi connectivity index (χ1n) is 24.3. The molecule has 0 N–H and O–H groups in total. The lowest BCUT2D eigenvalue weighted by Crippen LogP contribution is -2.10. The number of para-hydroxylation sites is 7. The quantitative estimate of drug-likeness (QED) is 0.106. The largest absolute Gasteiger partial charge is 0.310 e. The summed E-state index contributed by atoms with van der Waals surface area (Å²) in [7, 11) is 0. The molecule has 3 radical (unpaired) electrons. The van der Waals surface area contributed by atoms with Crippen molar-refractivity contribution in [2.75, 3.05) is 9.80 Å². The van der Waals surface area contributed by atoms with Crippen LogP contribution in [-0.2, 0) is 0 Å². The molecule has 0 aliphatic rings. The van der Waals surface area contributed by atoms with E-state index in [-0.39, 0.29) is 47.2 Å². The highest BCUT2D eigenvalue weighted by atomic mass is 127. The highest BCUT2D eigenvalue weighted by Crippen LogP contribution is 2.45. The van der Waals surface area contributed by atoms with Gasteiger partial charge in [0, 0.05) is 91.9 Å². The van der Waals surface area contributed by atoms with E-state index >= 15 is 0 Å². The van der Waals surface area contributed by atoms with Crippen LogP contribution >= 0.6 is 24.0 Å². The summed E-state index contributed by atoms with van der Waals surface area (Å²) in [6, 6.07) is 98.9. The molecular formula is C68H54BIN5. The third kappa shape index (κ3) is 8.30. The molecule has 3 aromatic heterocycles. The van der Waals surface area contributed by atoms with Crippen LogP contribution in [0.5, 0.6) is 0 Å². The Balaban J connectivity index is 0.00000160. The van der Waals surface area contributed by atoms with E-state index in [2.05, 4.69) is 296 Å². The molecule has 361 valence electrons. The minimum Gasteiger partial charge on any atom is -0.310 e. The van der Waals surface area contributed by atoms with Gasteiger partial charge in [-0.3, -0.25) is 0 Å². The molecule has 0 atom stereocenters. The molecule has 3 heterocycles. The van der Waals surface area contributed by atoms with E-state index < -0.39 is 0 Å². The predicted molar refractivity (Wildman–Crippen MR) is 333 cm³/mol. The second-order valence-corrected chi connectivity index (χ2v) is 18.2. The molecule has 0 spiro atoms. The number of benzene rings is 11. The molecule has 5 nitrogen and oxygen atoms in total. The molecule has 0 aliphatic heterocycles. The van der Waals surface area contributed by atoms with Gasteiger partial charge in [-0.2, -0.15) is 0 Å². The summed E-state index contributed by atoms with van der Waals surface area (Å²) in [6.45, 7) is 0. The van der Waals surface area contributed by atoms with Gasteiger partial charge in [0.1, 0.15) is 0 Å². The summed E-state index contributed by atoms with van der Waals surface area (Å²) < 4.78 is 7.17. The second kappa shape index (κ2) is 20.6. The first kappa shape index (κ1) is 49.8. The summed E-state index contributed by atoms with van der Waals surface area (Å²) in [5.74, 6) is 0. The van der Waals surface area contributed by atoms with Crippen molar-refractivity contribution in [1.29, 1.82) is 0 Å². The Morgan fingerprint density at radius 2 is 0.440 bits per heavy atom. The highest BCUT2D eigenvalue weighted by molar-refractivity contribution is 14.0. The highest BCUT2D eigenvalue weighted by Gasteiger charge is 2.23. The van der Waals surface area contributed by atoms with Crippen LogP contribution in [0.15, 0.2) is 273 Å². The topological polar surface area (TPSA) is 21.3 Å². The lowest BCUT2D eigenvalue weighted by molar-refractivity contribution is 1.18. The molecule has 0 unspecified atom stereocenters. The van der Waals surface area contributed by atoms with Crippen LogP contribution in [0, 0.1) is 0 Å². The summed E-state index contributed by atoms with van der Waals surface area (Å²) in [4.78, 5) is 4.81. The van der Waals surface area contributed by atoms with E-state index in [0.717, 1.165) is 62.2 Å². The first-order chi connectivity index (χ1) is 35.2. The number of anilines is 6. The van der Waals surface area contributed by atoms with Crippen LogP contribution < -0.4 is 9.80 Å². The zero-order chi connectivity index (χ0) is 46.8. The minimum atomic E-state index is 0. The Morgan fingerprint density at radius 1 is 0.213 bits per heavy atom. The molecule has 11 aromatic carbocycles. The molecule has 75 heavy (non-hydrogen) atoms. The maximum Gasteiger partial charge on any atom is 0.0542 e. The molecule has 14 aromatic rings. The lowest BCUT2D eigenvalue weighted by Gasteiger charge is -2.26. The van der Waals surface area contributed by atoms with Crippen LogP contribution in [-0.4, -0.2) is 22.1 Å². The fourth-order valence-corrected chi connectivity index (χ4v) is 11.1. The molecule has 0 saturated heterocycles. The van der Waals surface area contributed by atoms with E-state index in [4.69, 9.17) is 0 Å². The zero-order valence-corrected chi connectivity index (χ0v) is 42.0. The summed E-state index contributed by atoms with van der Waals surface area (Å²) in [6.07, 6.45) is 0. The maximum atomic E-state index is 2.41. The zero-order valence-electron chi connectivity index (χ0n) is 39.7. The second-order valence-electron chi connectivity index (χ2n) is 18.2. The number of hydrogen-bond donors (Lipinski definition) is 0. The van der Waals surface area contributed by atoms with Crippen LogP contribution in [0.1, 0.15) is 14.9 Å². The van der Waals surface area contributed by atoms with Crippen molar-refractivity contribution in [3.05, 3.63) is 273 Å². The number of nitrogens with zero attached hydrogens (tertiary/aromatic N) is 5. The number of aromatic nitrogens is 3. The SMILES string of the molecule is C.C.I.[B].c1ccc(N(c2ccc3c(c2)c2ccccc2n3-c2ccccc2)c2ccc3c(c2)c2cc(N(c4ccccc4)c4ccc5c(c4)c4ccccc4n5-c4ccccc4)ccc2n3-c2ccccc2)cc1. The Hall–Kier alpha value is -8.79. The van der Waals surface area contributed by atoms with Crippen molar-refractivity contribution in [2.45, 2.75) is 14.9 Å². The average molecular weight is 1080 g/mol. The van der Waals surface area contributed by atoms with E-state index in [9.17, 15) is 0 Å². The van der Waals surface area contributed by atoms with Crippen LogP contribution in [0.2, 0.25) is 0 Å². The number of rotatable bonds is 9. The maximum absolute atomic E-state index is 2.41. The standard InChI is InChI=1S/C66H45N5.2CH4.B.HI/c1-6-20-46(21-7-1)67(51-34-38-63-57(42-51)55-30-16-18-32-61(55)69(63)48-24-10-3-11-25-48)53-36-40-65-59(44-53)60-45-54(37-41-66(60)71(65)50-28-14-5-15-29-50)68(47-22-8-2-9-23-47)52-35-39-64-58(43-52)56-31-17-19-33-62(56)70(64)49-26-12-4-13-27-49;;;;/h1-45H;2*1H4;;1H. The van der Waals surface area contributed by atoms with Crippen molar-refractivity contribution >= 4 is 132 Å². The van der Waals surface area contributed by atoms with Gasteiger partial charge in [0.15, 0.2) is 0 Å². The van der Waals surface area contributed by atoms with Crippen molar-refractivity contribution in [3.63, 3.8) is 0 Å². The van der Waals surface area contributed by atoms with E-state index in [0.29, 0.717) is 0 Å². The van der Waals surface area contributed by atoms with Gasteiger partial charge in [-0.25, -0.2) is 0 Å². The van der Waals surface area contributed by atoms with Gasteiger partial charge in [-0.05, 0) is 146 Å². The molecule has 14 rings (SSSR count). The van der Waals surface area contributed by atoms with E-state index in [1.807, 2.05) is 0 Å². The lowest BCUT2D eigenvalue weighted by atomic mass is 10.1. The van der Waals surface area contributed by atoms with Gasteiger partial charge < -0.3 is 23.5 Å². The smallest absolute Gasteiger partial charge is 0.0542 e. The molecule has 0 bridgehead atoms. The van der Waals surface area contributed by atoms with Gasteiger partial charge in [0.05, 0.1) is 33.1 Å². The van der Waals surface area contributed by atoms with Crippen molar-refractivity contribution in [1.82, 2.24) is 13.7 Å². The van der Waals surface area contributed by atoms with Gasteiger partial charge >= 0.3 is 0 Å². The normalized spacial score (nSPS) is 11.0. The fraction of sp³-hybridized carbons (Fsp3) is 0.0294. The third-order valence-electron chi connectivity index (χ3n) is 14.1. The van der Waals surface area contributed by atoms with Gasteiger partial charge in [0.25, 0.3) is 0 Å². The Bertz CT molecular complexity index is 4030. The minimum absolute atomic E-state index is 0. The molecule has 7 heteroatoms. The van der Waals surface area contributed by atoms with Crippen molar-refractivity contribution in [3.8, 4) is 17.1 Å². The molecule has 0 fully saturated rings. The van der Waals surface area contributed by atoms with E-state index in [1.165, 1.54) is 54.4 Å². The number of hydrogen-bond acceptors (Lipinski definition) is 2. The van der Waals surface area contributed by atoms with Gasteiger partial charge in [-0.1, -0.05) is 142 Å². The van der Waals surface area contributed by atoms with Crippen LogP contribution in [0.25, 0.3) is 82.5 Å². The van der Waals surface area contributed by atoms with Crippen LogP contribution in [0.4, 0.5) is 34.1 Å². The summed E-state index contributed by atoms with van der Waals surface area (Å²) >= 11 is 0. The Labute approximate surface area is 457 Å². The fourth-order valence-electron chi connectivity index (χ4n) is 11.1. The van der Waals surface area contributed by atoms with Crippen molar-refractivity contribution in [2.24, 2.45) is 0 Å². The molecule has 0 saturated carbocycles. The number of halogens is 1. The first-order valence-corrected chi connectivity index (χ1v) is 24.3. The van der Waals surface area contributed by atoms with Crippen LogP contribution in [0.3, 0.4) is 0 Å². The Kier molecular flexibility index (Phi) is 13.7. The molecule has 0 amide bonds. The Morgan fingerprint density at radius 3 is 0.733 bits per heavy atom.